The monoisotopic (exact) mass is 1380 g/mol. The quantitative estimate of drug-likeness (QED) is 0.0383. The number of hydrogen-bond donors (Lipinski definition) is 22. The Kier molecular flexibility index (Phi) is 33.7. The van der Waals surface area contributed by atoms with Gasteiger partial charge in [0.25, 0.3) is 17.6 Å². The average molecular weight is 1380 g/mol. The Morgan fingerprint density at radius 2 is 0.935 bits per heavy atom. The zero-order chi connectivity index (χ0) is 68.6. The number of Topliss-reactive ketones (excluding diaryl/α,β-unsaturated/α-hetero) is 1. The van der Waals surface area contributed by atoms with E-state index in [9.17, 15) is 120 Å². The van der Waals surface area contributed by atoms with E-state index >= 15 is 0 Å². The Balaban J connectivity index is 0.00000109. The number of nitrogens with one attached hydrogen (secondary N) is 4. The molecule has 4 aliphatic rings. The first-order chi connectivity index (χ1) is 42.5. The summed E-state index contributed by atoms with van der Waals surface area (Å²) in [6, 6.07) is -0.395. The van der Waals surface area contributed by atoms with Gasteiger partial charge in [-0.2, -0.15) is 0 Å². The number of rotatable bonds is 26. The summed E-state index contributed by atoms with van der Waals surface area (Å²) in [7, 11) is 1.73. The van der Waals surface area contributed by atoms with Gasteiger partial charge in [0.05, 0.1) is 67.7 Å². The minimum Gasteiger partial charge on any atom is -0.480 e. The predicted octanol–water partition coefficient (Wildman–Crippen LogP) is -10.5. The summed E-state index contributed by atoms with van der Waals surface area (Å²) in [5, 5.41) is 191. The van der Waals surface area contributed by atoms with Crippen molar-refractivity contribution in [2.45, 2.75) is 195 Å². The maximum Gasteiger partial charge on any atom is 0.364 e. The van der Waals surface area contributed by atoms with Crippen molar-refractivity contribution in [2.24, 2.45) is 5.92 Å². The van der Waals surface area contributed by atoms with Gasteiger partial charge in [-0.05, 0) is 38.9 Å². The van der Waals surface area contributed by atoms with Crippen LogP contribution in [0.4, 0.5) is 0 Å². The van der Waals surface area contributed by atoms with Crippen LogP contribution >= 0.6 is 0 Å². The van der Waals surface area contributed by atoms with Gasteiger partial charge >= 0.3 is 17.9 Å². The first kappa shape index (κ1) is 83.9. The summed E-state index contributed by atoms with van der Waals surface area (Å²) < 4.78 is 15.9. The molecule has 1 aromatic heterocycles. The summed E-state index contributed by atoms with van der Waals surface area (Å²) in [5.74, 6) is -17.8. The van der Waals surface area contributed by atoms with E-state index in [1.165, 1.54) is 6.92 Å². The van der Waals surface area contributed by atoms with Crippen LogP contribution in [0.25, 0.3) is 0 Å². The van der Waals surface area contributed by atoms with E-state index in [0.717, 1.165) is 13.8 Å². The number of hydrogen-bond acceptors (Lipinski definition) is 30. The van der Waals surface area contributed by atoms with Gasteiger partial charge in [-0.15, -0.1) is 0 Å². The molecule has 0 aliphatic carbocycles. The third-order valence-electron chi connectivity index (χ3n) is 16.0. The van der Waals surface area contributed by atoms with Crippen LogP contribution in [-0.2, 0) is 82.7 Å². The van der Waals surface area contributed by atoms with E-state index in [1.807, 2.05) is 4.90 Å². The van der Waals surface area contributed by atoms with Crippen LogP contribution in [0.5, 0.6) is 0 Å². The third-order valence-corrected chi connectivity index (χ3v) is 16.0. The average Bonchev–Trinajstić information content (AvgIpc) is 0.793. The maximum absolute atomic E-state index is 13.4. The van der Waals surface area contributed by atoms with E-state index in [0.29, 0.717) is 11.4 Å². The topological polar surface area (TPSA) is 599 Å². The van der Waals surface area contributed by atoms with Crippen LogP contribution < -0.4 is 21.3 Å². The molecule has 5 heterocycles. The number of fused-ring (bicyclic) bond motifs is 2. The van der Waals surface area contributed by atoms with Crippen molar-refractivity contribution in [3.63, 3.8) is 0 Å². The van der Waals surface area contributed by atoms with Crippen LogP contribution in [0, 0.1) is 5.92 Å². The number of carbonyl (C=O) groups excluding carboxylic acids is 5. The number of ether oxygens (including phenoxy) is 3. The van der Waals surface area contributed by atoms with Gasteiger partial charge in [0.2, 0.25) is 23.4 Å². The fourth-order valence-corrected chi connectivity index (χ4v) is 11.0. The first-order valence-corrected chi connectivity index (χ1v) is 29.0. The van der Waals surface area contributed by atoms with Crippen molar-refractivity contribution >= 4 is 47.3 Å². The molecule has 5 rings (SSSR count). The molecule has 3 fully saturated rings. The second-order valence-electron chi connectivity index (χ2n) is 23.1. The van der Waals surface area contributed by atoms with Crippen molar-refractivity contribution in [2.75, 3.05) is 66.1 Å². The van der Waals surface area contributed by atoms with E-state index in [2.05, 4.69) is 26.3 Å². The minimum atomic E-state index is -2.82. The van der Waals surface area contributed by atoms with Crippen molar-refractivity contribution in [1.29, 1.82) is 0 Å². The van der Waals surface area contributed by atoms with Gasteiger partial charge in [-0.1, -0.05) is 13.5 Å². The molecule has 4 amide bonds. The number of carboxylic acid groups (broad SMARTS) is 3. The Labute approximate surface area is 544 Å². The molecule has 37 nitrogen and oxygen atoms in total. The Morgan fingerprint density at radius 3 is 1.27 bits per heavy atom. The maximum atomic E-state index is 13.4. The van der Waals surface area contributed by atoms with Gasteiger partial charge in [0.15, 0.2) is 0 Å². The number of carboxylic acids is 3. The number of amides is 4. The molecule has 0 spiro atoms. The van der Waals surface area contributed by atoms with E-state index < -0.39 is 201 Å². The van der Waals surface area contributed by atoms with Crippen LogP contribution in [0.15, 0.2) is 18.2 Å². The SMILES string of the molecule is C.CC(=O)C[C@H]1[C@H]([C@H](O)[C@H](O)CO)O[C@](O)(C(=O)O)C[C@@H]1O.CC(=O)N[C@H]1[C@H]([C@H](O)[C@H](O)CO)O[C@](O)(C(=O)NCCC(C(=O)O)N2CCN(C)CCN(C(CCNC(=O)[C@]3(O)C[C@H](O)[C@@H](NC(C)=O)[C@H]([C@H](O)[C@H](O)CO)O3)C(=O)O)Cc3cccc(n3)C2)C[C@@H]1O.[Mn]. The molecular weight excluding hydrogens is 1290 g/mol. The van der Waals surface area contributed by atoms with E-state index in [-0.39, 0.29) is 102 Å². The number of aliphatic hydroxyl groups excluding tert-OH is 12. The van der Waals surface area contributed by atoms with E-state index in [1.54, 1.807) is 35.0 Å². The molecule has 2 bridgehead atoms. The van der Waals surface area contributed by atoms with Gasteiger partial charge in [0, 0.05) is 115 Å². The molecule has 93 heavy (non-hydrogen) atoms. The molecule has 0 saturated carbocycles. The third kappa shape index (κ3) is 23.0. The Hall–Kier alpha value is -5.21. The number of aromatic nitrogens is 1. The van der Waals surface area contributed by atoms with Crippen LogP contribution in [0.1, 0.15) is 78.1 Å². The van der Waals surface area contributed by atoms with Crippen molar-refractivity contribution in [1.82, 2.24) is 41.0 Å². The number of nitrogens with zero attached hydrogens (tertiary/aromatic N) is 4. The minimum absolute atomic E-state index is 0. The molecule has 0 aromatic carbocycles. The van der Waals surface area contributed by atoms with Gasteiger partial charge in [0.1, 0.15) is 66.7 Å². The predicted molar refractivity (Wildman–Crippen MR) is 308 cm³/mol. The van der Waals surface area contributed by atoms with Crippen LogP contribution in [-0.4, -0.2) is 340 Å². The number of pyridine rings is 1. The summed E-state index contributed by atoms with van der Waals surface area (Å²) in [4.78, 5) is 108. The van der Waals surface area contributed by atoms with Gasteiger partial charge in [-0.25, -0.2) is 4.79 Å². The first-order valence-electron chi connectivity index (χ1n) is 29.0. The molecule has 4 aliphatic heterocycles. The molecule has 3 saturated heterocycles. The summed E-state index contributed by atoms with van der Waals surface area (Å²) in [5.41, 5.74) is 0.798. The Morgan fingerprint density at radius 1 is 0.581 bits per heavy atom. The second-order valence-corrected chi connectivity index (χ2v) is 23.1. The van der Waals surface area contributed by atoms with Gasteiger partial charge in [-0.3, -0.25) is 43.6 Å². The molecular formula is C55H92MnN8O29. The molecule has 22 N–H and O–H groups in total. The number of carbonyl (C=O) groups is 8. The van der Waals surface area contributed by atoms with Gasteiger partial charge < -0.3 is 137 Å². The Bertz CT molecular complexity index is 2500. The van der Waals surface area contributed by atoms with Crippen LogP contribution in [0.2, 0.25) is 0 Å². The fraction of sp³-hybridized carbons (Fsp3) is 0.764. The standard InChI is InChI=1S/C42H68N8O20.C12H20O9.CH4.Mn/c1-21(53)45-31-27(55)15-41(67,69-35(31)33(59)29(57)19-51)39(65)43-9-7-25(37(61)62)49-13-11-48(3)12-14-50(18-24-6-4-5-23(17-49)47-24)26(38(63)64)8-10-44-40(66)42(68)16-28(56)32(46-22(2)54)36(70-42)34(60)30(58)20-52;1-5(14)2-6-7(15)3-12(20,11(18)19)21-10(6)9(17)8(16)4-13;;/h4-6,25-36,51-52,55-60,67-68H,7-20H2,1-3H3,(H,43,65)(H,44,66)(H,45,53)(H,46,54)(H,61,62)(H,63,64);6-10,13,15-17,20H,2-4H2,1H3,(H,18,19);1H4;/t25?,26?,27-,28-,29+,30+,31+,32+,33+,34+,35+,36+,41-,42-;6-,7+,8-,9-,10-,12+;;/m01../s1. The normalized spacial score (nSPS) is 30.6. The largest absolute Gasteiger partial charge is 0.480 e. The number of aliphatic carboxylic acids is 3. The summed E-state index contributed by atoms with van der Waals surface area (Å²) in [6.07, 6.45) is -24.0. The zero-order valence-electron chi connectivity index (χ0n) is 50.8. The van der Waals surface area contributed by atoms with E-state index in [4.69, 9.17) is 24.4 Å². The smallest absolute Gasteiger partial charge is 0.364 e. The molecule has 20 atom stereocenters. The molecule has 1 radical (unpaired) electrons. The van der Waals surface area contributed by atoms with Crippen molar-refractivity contribution in [3.05, 3.63) is 29.6 Å². The fourth-order valence-electron chi connectivity index (χ4n) is 11.0. The number of likely N-dealkylation sites (N-methyl/N-ethyl adjacent to an activating group) is 1. The number of ketones is 1. The van der Waals surface area contributed by atoms with Crippen molar-refractivity contribution < 1.29 is 162 Å². The second kappa shape index (κ2) is 37.3. The molecule has 1 aromatic rings. The molecule has 38 heteroatoms. The number of aliphatic hydroxyl groups is 15. The molecule has 533 valence electrons. The summed E-state index contributed by atoms with van der Waals surface area (Å²) in [6.45, 7) is 0.650. The van der Waals surface area contributed by atoms with Crippen molar-refractivity contribution in [3.8, 4) is 0 Å². The van der Waals surface area contributed by atoms with Crippen LogP contribution in [0.3, 0.4) is 0 Å². The molecule has 2 unspecified atom stereocenters. The zero-order valence-corrected chi connectivity index (χ0v) is 52.0. The summed E-state index contributed by atoms with van der Waals surface area (Å²) >= 11 is 0.